The fraction of sp³-hybridized carbons (Fsp3) is 0.310. The van der Waals surface area contributed by atoms with Gasteiger partial charge in [0.2, 0.25) is 6.79 Å². The number of nitrogens with one attached hydrogen (secondary N) is 1. The molecule has 4 rings (SSSR count). The van der Waals surface area contributed by atoms with Crippen molar-refractivity contribution in [3.05, 3.63) is 83.4 Å². The number of benzene rings is 3. The molecule has 8 nitrogen and oxygen atoms in total. The molecule has 0 fully saturated rings. The molecule has 1 aliphatic rings. The highest BCUT2D eigenvalue weighted by Gasteiger charge is 2.18. The van der Waals surface area contributed by atoms with Crippen molar-refractivity contribution in [1.29, 1.82) is 0 Å². The fourth-order valence-electron chi connectivity index (χ4n) is 4.32. The molecular weight excluding hydrogens is 505 g/mol. The van der Waals surface area contributed by atoms with Crippen molar-refractivity contribution in [2.75, 3.05) is 26.5 Å². The van der Waals surface area contributed by atoms with Crippen molar-refractivity contribution in [3.63, 3.8) is 0 Å². The highest BCUT2D eigenvalue weighted by molar-refractivity contribution is 7.39. The van der Waals surface area contributed by atoms with Crippen LogP contribution in [0.25, 0.3) is 11.1 Å². The smallest absolute Gasteiger partial charge is 0.391 e. The second-order valence-corrected chi connectivity index (χ2v) is 9.52. The molecule has 0 bridgehead atoms. The first-order valence-electron chi connectivity index (χ1n) is 12.7. The minimum Gasteiger partial charge on any atom is -0.491 e. The summed E-state index contributed by atoms with van der Waals surface area (Å²) in [6.07, 6.45) is 1.17. The van der Waals surface area contributed by atoms with Gasteiger partial charge in [-0.05, 0) is 83.6 Å². The Kier molecular flexibility index (Phi) is 9.98. The second-order valence-electron chi connectivity index (χ2n) is 8.84. The van der Waals surface area contributed by atoms with Crippen LogP contribution in [0.5, 0.6) is 23.0 Å². The Bertz CT molecular complexity index is 1210. The Morgan fingerprint density at radius 1 is 0.895 bits per heavy atom. The number of allylic oxidation sites excluding steroid dienone is 1. The molecule has 1 aliphatic heterocycles. The van der Waals surface area contributed by atoms with Gasteiger partial charge in [-0.2, -0.15) is 0 Å². The molecule has 1 unspecified atom stereocenters. The van der Waals surface area contributed by atoms with Crippen molar-refractivity contribution < 1.29 is 33.6 Å². The number of hydrogen-bond acceptors (Lipinski definition) is 8. The van der Waals surface area contributed by atoms with Crippen molar-refractivity contribution in [2.24, 2.45) is 0 Å². The van der Waals surface area contributed by atoms with E-state index in [2.05, 4.69) is 19.2 Å². The van der Waals surface area contributed by atoms with Crippen LogP contribution in [-0.2, 0) is 0 Å². The summed E-state index contributed by atoms with van der Waals surface area (Å²) in [5, 5.41) is 13.3. The lowest BCUT2D eigenvalue weighted by Gasteiger charge is -2.18. The van der Waals surface area contributed by atoms with Gasteiger partial charge in [-0.15, -0.1) is 0 Å². The standard InChI is InChI=1S/C29H34NO7P/c1-3-15-30-17-23(31)18-34-24-10-5-20(6-11-24)29(21-7-12-25(13-8-21)37-38(32)33)26(4-2)22-9-14-27-28(16-22)36-19-35-27/h5-14,16,23,30-33H,3-4,15,17-19H2,1-2H3/b29-26+. The number of fused-ring (bicyclic) bond motifs is 1. The zero-order valence-corrected chi connectivity index (χ0v) is 22.5. The van der Waals surface area contributed by atoms with Crippen molar-refractivity contribution in [3.8, 4) is 23.0 Å². The van der Waals surface area contributed by atoms with Gasteiger partial charge in [-0.25, -0.2) is 0 Å². The first kappa shape index (κ1) is 27.9. The lowest BCUT2D eigenvalue weighted by molar-refractivity contribution is 0.106. The zero-order valence-electron chi connectivity index (χ0n) is 21.6. The lowest BCUT2D eigenvalue weighted by Crippen LogP contribution is -2.31. The lowest BCUT2D eigenvalue weighted by atomic mass is 9.88. The highest BCUT2D eigenvalue weighted by atomic mass is 31.2. The van der Waals surface area contributed by atoms with Gasteiger partial charge in [0.05, 0.1) is 0 Å². The number of aliphatic hydroxyl groups is 1. The molecule has 0 saturated carbocycles. The summed E-state index contributed by atoms with van der Waals surface area (Å²) in [6, 6.07) is 21.0. The van der Waals surface area contributed by atoms with E-state index in [9.17, 15) is 14.9 Å². The van der Waals surface area contributed by atoms with Crippen LogP contribution in [0, 0.1) is 0 Å². The van der Waals surface area contributed by atoms with Gasteiger partial charge in [0.15, 0.2) is 11.5 Å². The molecular formula is C29H34NO7P. The van der Waals surface area contributed by atoms with E-state index < -0.39 is 14.7 Å². The maximum atomic E-state index is 10.1. The van der Waals surface area contributed by atoms with E-state index in [0.29, 0.717) is 23.8 Å². The molecule has 0 aromatic heterocycles. The number of ether oxygens (including phenoxy) is 3. The summed E-state index contributed by atoms with van der Waals surface area (Å²) < 4.78 is 22.0. The van der Waals surface area contributed by atoms with Gasteiger partial charge in [-0.1, -0.05) is 44.2 Å². The van der Waals surface area contributed by atoms with Gasteiger partial charge in [0.25, 0.3) is 0 Å². The van der Waals surface area contributed by atoms with E-state index in [1.54, 1.807) is 12.1 Å². The molecule has 202 valence electrons. The minimum absolute atomic E-state index is 0.204. The summed E-state index contributed by atoms with van der Waals surface area (Å²) >= 11 is 0. The highest BCUT2D eigenvalue weighted by Crippen LogP contribution is 2.40. The number of aliphatic hydroxyl groups excluding tert-OH is 1. The molecule has 9 heteroatoms. The van der Waals surface area contributed by atoms with Gasteiger partial charge in [0, 0.05) is 6.54 Å². The molecule has 4 N–H and O–H groups in total. The van der Waals surface area contributed by atoms with Gasteiger partial charge in [0.1, 0.15) is 24.2 Å². The molecule has 0 aliphatic carbocycles. The van der Waals surface area contributed by atoms with Gasteiger partial charge < -0.3 is 38.9 Å². The molecule has 0 saturated heterocycles. The van der Waals surface area contributed by atoms with Crippen LogP contribution in [0.1, 0.15) is 43.4 Å². The summed E-state index contributed by atoms with van der Waals surface area (Å²) in [6.45, 7) is 5.95. The quantitative estimate of drug-likeness (QED) is 0.135. The van der Waals surface area contributed by atoms with Crippen LogP contribution in [0.2, 0.25) is 0 Å². The number of hydrogen-bond donors (Lipinski definition) is 4. The summed E-state index contributed by atoms with van der Waals surface area (Å²) in [7, 11) is -2.49. The largest absolute Gasteiger partial charge is 0.491 e. The van der Waals surface area contributed by atoms with Crippen LogP contribution in [0.4, 0.5) is 0 Å². The molecule has 3 aromatic rings. The first-order chi connectivity index (χ1) is 18.5. The molecule has 1 heterocycles. The summed E-state index contributed by atoms with van der Waals surface area (Å²) in [5.41, 5.74) is 5.07. The molecule has 38 heavy (non-hydrogen) atoms. The van der Waals surface area contributed by atoms with E-state index in [-0.39, 0.29) is 13.4 Å². The maximum Gasteiger partial charge on any atom is 0.391 e. The van der Waals surface area contributed by atoms with Gasteiger partial charge in [-0.3, -0.25) is 0 Å². The normalized spacial score (nSPS) is 13.8. The topological polar surface area (TPSA) is 110 Å². The van der Waals surface area contributed by atoms with Crippen molar-refractivity contribution in [1.82, 2.24) is 5.32 Å². The molecule has 0 amide bonds. The SMILES string of the molecule is CCCNCC(O)COc1ccc(/C(=C(/CC)c2ccc3c(c2)OCO3)c2ccc(OP(O)O)cc2)cc1. The zero-order chi connectivity index (χ0) is 26.9. The van der Waals surface area contributed by atoms with E-state index in [1.807, 2.05) is 54.6 Å². The Morgan fingerprint density at radius 3 is 2.16 bits per heavy atom. The summed E-state index contributed by atoms with van der Waals surface area (Å²) in [4.78, 5) is 18.4. The van der Waals surface area contributed by atoms with Crippen LogP contribution in [0.15, 0.2) is 66.7 Å². The van der Waals surface area contributed by atoms with E-state index in [1.165, 1.54) is 0 Å². The monoisotopic (exact) mass is 539 g/mol. The van der Waals surface area contributed by atoms with E-state index >= 15 is 0 Å². The minimum atomic E-state index is -2.49. The molecule has 0 radical (unpaired) electrons. The first-order valence-corrected chi connectivity index (χ1v) is 13.9. The van der Waals surface area contributed by atoms with Gasteiger partial charge >= 0.3 is 8.60 Å². The number of rotatable bonds is 13. The summed E-state index contributed by atoms with van der Waals surface area (Å²) in [5.74, 6) is 2.49. The third kappa shape index (κ3) is 7.25. The Hall–Kier alpha value is -3.13. The molecule has 0 spiro atoms. The molecule has 3 aromatic carbocycles. The van der Waals surface area contributed by atoms with Crippen molar-refractivity contribution >= 4 is 19.7 Å². The second kappa shape index (κ2) is 13.6. The van der Waals surface area contributed by atoms with Crippen LogP contribution in [0.3, 0.4) is 0 Å². The van der Waals surface area contributed by atoms with Crippen LogP contribution >= 0.6 is 8.60 Å². The van der Waals surface area contributed by atoms with Crippen LogP contribution in [-0.4, -0.2) is 47.5 Å². The van der Waals surface area contributed by atoms with E-state index in [0.717, 1.165) is 53.0 Å². The maximum absolute atomic E-state index is 10.1. The average Bonchev–Trinajstić information content (AvgIpc) is 3.39. The van der Waals surface area contributed by atoms with Crippen LogP contribution < -0.4 is 24.1 Å². The predicted octanol–water partition coefficient (Wildman–Crippen LogP) is 5.11. The Balaban J connectivity index is 1.65. The predicted molar refractivity (Wildman–Crippen MR) is 148 cm³/mol. The fourth-order valence-corrected chi connectivity index (χ4v) is 4.63. The molecule has 1 atom stereocenters. The third-order valence-electron chi connectivity index (χ3n) is 6.10. The third-order valence-corrected chi connectivity index (χ3v) is 6.47. The average molecular weight is 540 g/mol. The van der Waals surface area contributed by atoms with Crippen molar-refractivity contribution in [2.45, 2.75) is 32.8 Å². The van der Waals surface area contributed by atoms with E-state index in [4.69, 9.17) is 18.7 Å². The Labute approximate surface area is 224 Å². The Morgan fingerprint density at radius 2 is 1.53 bits per heavy atom.